The van der Waals surface area contributed by atoms with Crippen LogP contribution in [0.1, 0.15) is 47.9 Å². The molecular formula is C11H12N4O2S. The summed E-state index contributed by atoms with van der Waals surface area (Å²) in [5.41, 5.74) is 0.167. The third-order valence-corrected chi connectivity index (χ3v) is 3.50. The number of ether oxygens (including phenoxy) is 1. The zero-order valence-corrected chi connectivity index (χ0v) is 11.1. The highest BCUT2D eigenvalue weighted by molar-refractivity contribution is 7.16. The SMILES string of the molecule is CCOC(=O)c1nc2sc(C(C)C)nn2c1C#N. The van der Waals surface area contributed by atoms with Crippen LogP contribution < -0.4 is 0 Å². The number of nitriles is 1. The van der Waals surface area contributed by atoms with E-state index in [1.165, 1.54) is 15.9 Å². The smallest absolute Gasteiger partial charge is 0.360 e. The van der Waals surface area contributed by atoms with Crippen molar-refractivity contribution in [3.8, 4) is 6.07 Å². The monoisotopic (exact) mass is 264 g/mol. The van der Waals surface area contributed by atoms with Gasteiger partial charge in [0.25, 0.3) is 0 Å². The van der Waals surface area contributed by atoms with Crippen LogP contribution in [0.2, 0.25) is 0 Å². The van der Waals surface area contributed by atoms with Gasteiger partial charge in [-0.3, -0.25) is 0 Å². The van der Waals surface area contributed by atoms with Crippen LogP contribution in [-0.2, 0) is 4.74 Å². The molecule has 0 bridgehead atoms. The van der Waals surface area contributed by atoms with Gasteiger partial charge in [0.15, 0.2) is 11.4 Å². The number of hydrogen-bond donors (Lipinski definition) is 0. The Morgan fingerprint density at radius 1 is 1.61 bits per heavy atom. The molecule has 0 atom stereocenters. The van der Waals surface area contributed by atoms with Crippen LogP contribution in [0.3, 0.4) is 0 Å². The van der Waals surface area contributed by atoms with E-state index >= 15 is 0 Å². The Morgan fingerprint density at radius 2 is 2.33 bits per heavy atom. The van der Waals surface area contributed by atoms with Crippen molar-refractivity contribution in [2.45, 2.75) is 26.7 Å². The molecule has 0 spiro atoms. The van der Waals surface area contributed by atoms with E-state index in [1.54, 1.807) is 6.92 Å². The summed E-state index contributed by atoms with van der Waals surface area (Å²) in [6.45, 7) is 5.98. The van der Waals surface area contributed by atoms with Crippen LogP contribution in [0.5, 0.6) is 0 Å². The molecule has 0 fully saturated rings. The summed E-state index contributed by atoms with van der Waals surface area (Å²) in [6, 6.07) is 1.95. The highest BCUT2D eigenvalue weighted by atomic mass is 32.1. The zero-order chi connectivity index (χ0) is 13.3. The molecule has 0 N–H and O–H groups in total. The van der Waals surface area contributed by atoms with E-state index in [2.05, 4.69) is 10.1 Å². The van der Waals surface area contributed by atoms with Gasteiger partial charge in [0.1, 0.15) is 11.1 Å². The van der Waals surface area contributed by atoms with Crippen molar-refractivity contribution >= 4 is 22.3 Å². The van der Waals surface area contributed by atoms with Crippen LogP contribution >= 0.6 is 11.3 Å². The van der Waals surface area contributed by atoms with Crippen LogP contribution in [-0.4, -0.2) is 27.2 Å². The third-order valence-electron chi connectivity index (χ3n) is 2.29. The molecule has 7 heteroatoms. The van der Waals surface area contributed by atoms with Crippen molar-refractivity contribution in [1.82, 2.24) is 14.6 Å². The maximum absolute atomic E-state index is 11.6. The molecule has 2 aromatic heterocycles. The average Bonchev–Trinajstić information content (AvgIpc) is 2.85. The predicted molar refractivity (Wildman–Crippen MR) is 65.6 cm³/mol. The Kier molecular flexibility index (Phi) is 3.30. The van der Waals surface area contributed by atoms with Crippen LogP contribution in [0.15, 0.2) is 0 Å². The Hall–Kier alpha value is -1.94. The van der Waals surface area contributed by atoms with Gasteiger partial charge in [0.2, 0.25) is 4.96 Å². The number of hydrogen-bond acceptors (Lipinski definition) is 6. The molecule has 0 saturated heterocycles. The van der Waals surface area contributed by atoms with E-state index in [0.717, 1.165) is 5.01 Å². The van der Waals surface area contributed by atoms with Gasteiger partial charge in [0.05, 0.1) is 6.61 Å². The quantitative estimate of drug-likeness (QED) is 0.792. The summed E-state index contributed by atoms with van der Waals surface area (Å²) >= 11 is 1.37. The lowest BCUT2D eigenvalue weighted by Gasteiger charge is -1.98. The molecular weight excluding hydrogens is 252 g/mol. The first-order valence-electron chi connectivity index (χ1n) is 5.55. The lowest BCUT2D eigenvalue weighted by Crippen LogP contribution is -2.08. The second kappa shape index (κ2) is 4.74. The van der Waals surface area contributed by atoms with Crippen molar-refractivity contribution in [3.63, 3.8) is 0 Å². The molecule has 0 amide bonds. The van der Waals surface area contributed by atoms with Gasteiger partial charge in [-0.1, -0.05) is 25.2 Å². The molecule has 94 valence electrons. The van der Waals surface area contributed by atoms with Gasteiger partial charge in [-0.15, -0.1) is 0 Å². The molecule has 2 aromatic rings. The molecule has 0 aliphatic heterocycles. The fourth-order valence-corrected chi connectivity index (χ4v) is 2.34. The summed E-state index contributed by atoms with van der Waals surface area (Å²) in [5.74, 6) is -0.327. The summed E-state index contributed by atoms with van der Waals surface area (Å²) in [6.07, 6.45) is 0. The van der Waals surface area contributed by atoms with Gasteiger partial charge in [-0.2, -0.15) is 14.9 Å². The van der Waals surface area contributed by atoms with Crippen LogP contribution in [0.4, 0.5) is 0 Å². The largest absolute Gasteiger partial charge is 0.461 e. The van der Waals surface area contributed by atoms with E-state index in [0.29, 0.717) is 4.96 Å². The lowest BCUT2D eigenvalue weighted by molar-refractivity contribution is 0.0520. The van der Waals surface area contributed by atoms with Crippen molar-refractivity contribution in [2.75, 3.05) is 6.61 Å². The van der Waals surface area contributed by atoms with E-state index in [9.17, 15) is 4.79 Å². The van der Waals surface area contributed by atoms with E-state index in [1.807, 2.05) is 19.9 Å². The minimum Gasteiger partial charge on any atom is -0.461 e. The predicted octanol–water partition coefficient (Wildman–Crippen LogP) is 1.96. The first-order chi connectivity index (χ1) is 8.58. The molecule has 0 aliphatic carbocycles. The highest BCUT2D eigenvalue weighted by Crippen LogP contribution is 2.24. The van der Waals surface area contributed by atoms with E-state index in [4.69, 9.17) is 10.00 Å². The number of nitrogens with zero attached hydrogens (tertiary/aromatic N) is 4. The normalized spacial score (nSPS) is 10.8. The lowest BCUT2D eigenvalue weighted by atomic mass is 10.2. The van der Waals surface area contributed by atoms with E-state index in [-0.39, 0.29) is 23.9 Å². The van der Waals surface area contributed by atoms with Crippen molar-refractivity contribution in [2.24, 2.45) is 0 Å². The number of rotatable bonds is 3. The van der Waals surface area contributed by atoms with Gasteiger partial charge in [-0.05, 0) is 6.92 Å². The van der Waals surface area contributed by atoms with Gasteiger partial charge >= 0.3 is 5.97 Å². The fourth-order valence-electron chi connectivity index (χ4n) is 1.44. The highest BCUT2D eigenvalue weighted by Gasteiger charge is 2.23. The Balaban J connectivity index is 2.55. The number of esters is 1. The van der Waals surface area contributed by atoms with E-state index < -0.39 is 5.97 Å². The first kappa shape index (κ1) is 12.5. The summed E-state index contributed by atoms with van der Waals surface area (Å²) in [7, 11) is 0. The van der Waals surface area contributed by atoms with Gasteiger partial charge in [0, 0.05) is 5.92 Å². The number of fused-ring (bicyclic) bond motifs is 1. The standard InChI is InChI=1S/C11H12N4O2S/c1-4-17-10(16)8-7(5-12)15-11(13-8)18-9(14-15)6(2)3/h6H,4H2,1-3H3. The molecule has 18 heavy (non-hydrogen) atoms. The molecule has 0 unspecified atom stereocenters. The summed E-state index contributed by atoms with van der Waals surface area (Å²) in [5, 5.41) is 14.3. The molecule has 2 heterocycles. The Labute approximate surface area is 108 Å². The van der Waals surface area contributed by atoms with Crippen molar-refractivity contribution < 1.29 is 9.53 Å². The second-order valence-electron chi connectivity index (χ2n) is 3.93. The van der Waals surface area contributed by atoms with Gasteiger partial charge < -0.3 is 4.74 Å². The average molecular weight is 264 g/mol. The molecule has 0 aliphatic rings. The first-order valence-corrected chi connectivity index (χ1v) is 6.36. The number of imidazole rings is 1. The molecule has 6 nitrogen and oxygen atoms in total. The number of carbonyl (C=O) groups is 1. The second-order valence-corrected chi connectivity index (χ2v) is 4.92. The number of carbonyl (C=O) groups excluding carboxylic acids is 1. The molecule has 0 saturated carbocycles. The van der Waals surface area contributed by atoms with Crippen LogP contribution in [0.25, 0.3) is 4.96 Å². The van der Waals surface area contributed by atoms with Gasteiger partial charge in [-0.25, -0.2) is 9.78 Å². The fraction of sp³-hybridized carbons (Fsp3) is 0.455. The van der Waals surface area contributed by atoms with Crippen LogP contribution in [0, 0.1) is 11.3 Å². The molecule has 0 aromatic carbocycles. The molecule has 2 rings (SSSR count). The Morgan fingerprint density at radius 3 is 2.89 bits per heavy atom. The van der Waals surface area contributed by atoms with Crippen molar-refractivity contribution in [3.05, 3.63) is 16.4 Å². The Bertz CT molecular complexity index is 635. The topological polar surface area (TPSA) is 80.3 Å². The van der Waals surface area contributed by atoms with Crippen molar-refractivity contribution in [1.29, 1.82) is 5.26 Å². The summed E-state index contributed by atoms with van der Waals surface area (Å²) in [4.78, 5) is 16.3. The minimum atomic E-state index is -0.585. The molecule has 0 radical (unpaired) electrons. The zero-order valence-electron chi connectivity index (χ0n) is 10.3. The minimum absolute atomic E-state index is 0.0356. The third kappa shape index (κ3) is 1.95. The maximum atomic E-state index is 11.6. The maximum Gasteiger partial charge on any atom is 0.360 e. The number of aromatic nitrogens is 3. The summed E-state index contributed by atoms with van der Waals surface area (Å²) < 4.78 is 6.27.